The number of carboxylic acids is 1. The number of morpholine rings is 1. The number of hydrogen-bond donors (Lipinski definition) is 1. The second-order valence-corrected chi connectivity index (χ2v) is 6.49. The minimum absolute atomic E-state index is 0.0297. The van der Waals surface area contributed by atoms with Crippen LogP contribution in [0.2, 0.25) is 0 Å². The molecular formula is C20H26N2O6. The highest BCUT2D eigenvalue weighted by atomic mass is 16.6. The maximum atomic E-state index is 13.2. The molecule has 0 spiro atoms. The van der Waals surface area contributed by atoms with Gasteiger partial charge in [-0.25, -0.2) is 4.79 Å². The molecular weight excluding hydrogens is 364 g/mol. The number of nitrogens with zero attached hydrogens (tertiary/aromatic N) is 2. The Hall–Kier alpha value is -2.87. The number of aliphatic carboxylic acids is 1. The van der Waals surface area contributed by atoms with Crippen molar-refractivity contribution in [2.75, 3.05) is 40.0 Å². The maximum Gasteiger partial charge on any atom is 0.410 e. The van der Waals surface area contributed by atoms with Gasteiger partial charge in [0.2, 0.25) is 5.91 Å². The van der Waals surface area contributed by atoms with Gasteiger partial charge in [0.15, 0.2) is 0 Å². The molecule has 0 aromatic heterocycles. The van der Waals surface area contributed by atoms with Crippen molar-refractivity contribution in [1.82, 2.24) is 9.80 Å². The molecule has 2 amide bonds. The van der Waals surface area contributed by atoms with Crippen molar-refractivity contribution in [3.05, 3.63) is 48.6 Å². The average Bonchev–Trinajstić information content (AvgIpc) is 2.72. The molecule has 1 aromatic rings. The van der Waals surface area contributed by atoms with Crippen LogP contribution in [-0.4, -0.2) is 78.9 Å². The van der Waals surface area contributed by atoms with E-state index in [-0.39, 0.29) is 13.0 Å². The van der Waals surface area contributed by atoms with E-state index in [1.807, 2.05) is 6.07 Å². The van der Waals surface area contributed by atoms with Crippen LogP contribution in [0.4, 0.5) is 4.79 Å². The van der Waals surface area contributed by atoms with Crippen molar-refractivity contribution in [2.24, 2.45) is 5.92 Å². The molecule has 1 aliphatic heterocycles. The van der Waals surface area contributed by atoms with Crippen molar-refractivity contribution in [1.29, 1.82) is 0 Å². The standard InChI is InChI=1S/C20H26N2O6/c1-3-11-28-20(26)21(2)17(18(23)22-9-12-27-13-10-22)16(19(24)25)14-15-7-5-4-6-8-15/h3-8,16-17H,1,9-14H2,2H3,(H,24,25). The summed E-state index contributed by atoms with van der Waals surface area (Å²) in [7, 11) is 1.38. The number of carboxylic acid groups (broad SMARTS) is 1. The smallest absolute Gasteiger partial charge is 0.410 e. The molecule has 1 fully saturated rings. The van der Waals surface area contributed by atoms with Gasteiger partial charge in [-0.05, 0) is 12.0 Å². The number of benzene rings is 1. The normalized spacial score (nSPS) is 16.0. The molecule has 0 bridgehead atoms. The maximum absolute atomic E-state index is 13.2. The van der Waals surface area contributed by atoms with Crippen molar-refractivity contribution in [3.8, 4) is 0 Å². The Morgan fingerprint density at radius 3 is 2.50 bits per heavy atom. The van der Waals surface area contributed by atoms with Crippen LogP contribution < -0.4 is 0 Å². The lowest BCUT2D eigenvalue weighted by Crippen LogP contribution is -2.57. The monoisotopic (exact) mass is 390 g/mol. The zero-order valence-electron chi connectivity index (χ0n) is 16.0. The van der Waals surface area contributed by atoms with Crippen LogP contribution in [0.3, 0.4) is 0 Å². The summed E-state index contributed by atoms with van der Waals surface area (Å²) in [6.45, 7) is 4.90. The number of hydrogen-bond acceptors (Lipinski definition) is 5. The number of carbonyl (C=O) groups is 3. The van der Waals surface area contributed by atoms with Gasteiger partial charge in [-0.15, -0.1) is 0 Å². The molecule has 152 valence electrons. The quantitative estimate of drug-likeness (QED) is 0.674. The van der Waals surface area contributed by atoms with Gasteiger partial charge in [0.1, 0.15) is 12.6 Å². The number of likely N-dealkylation sites (N-methyl/N-ethyl adjacent to an activating group) is 1. The number of rotatable bonds is 8. The molecule has 2 unspecified atom stereocenters. The van der Waals surface area contributed by atoms with Crippen molar-refractivity contribution >= 4 is 18.0 Å². The van der Waals surface area contributed by atoms with Gasteiger partial charge in [-0.3, -0.25) is 14.5 Å². The molecule has 1 aromatic carbocycles. The Labute approximate surface area is 164 Å². The van der Waals surface area contributed by atoms with Crippen molar-refractivity contribution in [3.63, 3.8) is 0 Å². The zero-order valence-corrected chi connectivity index (χ0v) is 16.0. The molecule has 8 nitrogen and oxygen atoms in total. The summed E-state index contributed by atoms with van der Waals surface area (Å²) in [6, 6.07) is 7.82. The van der Waals surface area contributed by atoms with E-state index in [0.717, 1.165) is 10.5 Å². The molecule has 1 saturated heterocycles. The SMILES string of the molecule is C=CCOC(=O)N(C)C(C(=O)N1CCOCC1)C(Cc1ccccc1)C(=O)O. The summed E-state index contributed by atoms with van der Waals surface area (Å²) in [4.78, 5) is 40.3. The molecule has 1 aliphatic rings. The molecule has 0 radical (unpaired) electrons. The van der Waals surface area contributed by atoms with E-state index in [2.05, 4.69) is 6.58 Å². The predicted molar refractivity (Wildman–Crippen MR) is 102 cm³/mol. The highest BCUT2D eigenvalue weighted by molar-refractivity contribution is 5.90. The Bertz CT molecular complexity index is 687. The lowest BCUT2D eigenvalue weighted by atomic mass is 9.90. The Kier molecular flexibility index (Phi) is 8.01. The third-order valence-electron chi connectivity index (χ3n) is 4.60. The Morgan fingerprint density at radius 2 is 1.93 bits per heavy atom. The van der Waals surface area contributed by atoms with Crippen LogP contribution in [0, 0.1) is 5.92 Å². The molecule has 2 rings (SSSR count). The lowest BCUT2D eigenvalue weighted by Gasteiger charge is -2.36. The van der Waals surface area contributed by atoms with E-state index in [1.165, 1.54) is 18.0 Å². The molecule has 2 atom stereocenters. The van der Waals surface area contributed by atoms with E-state index < -0.39 is 29.9 Å². The fourth-order valence-electron chi connectivity index (χ4n) is 3.13. The first-order valence-electron chi connectivity index (χ1n) is 9.09. The average molecular weight is 390 g/mol. The van der Waals surface area contributed by atoms with E-state index in [1.54, 1.807) is 24.3 Å². The largest absolute Gasteiger partial charge is 0.481 e. The van der Waals surface area contributed by atoms with E-state index in [9.17, 15) is 19.5 Å². The van der Waals surface area contributed by atoms with Crippen LogP contribution in [0.5, 0.6) is 0 Å². The first-order valence-corrected chi connectivity index (χ1v) is 9.09. The molecule has 1 heterocycles. The van der Waals surface area contributed by atoms with Gasteiger partial charge in [0.05, 0.1) is 19.1 Å². The summed E-state index contributed by atoms with van der Waals surface area (Å²) in [5, 5.41) is 9.87. The third kappa shape index (κ3) is 5.56. The first kappa shape index (κ1) is 21.4. The summed E-state index contributed by atoms with van der Waals surface area (Å²) in [5.41, 5.74) is 0.766. The predicted octanol–water partition coefficient (Wildman–Crippen LogP) is 1.41. The minimum atomic E-state index is -1.20. The molecule has 1 N–H and O–H groups in total. The number of ether oxygens (including phenoxy) is 2. The summed E-state index contributed by atoms with van der Waals surface area (Å²) < 4.78 is 10.3. The Morgan fingerprint density at radius 1 is 1.29 bits per heavy atom. The summed E-state index contributed by atoms with van der Waals surface area (Å²) >= 11 is 0. The molecule has 8 heteroatoms. The Balaban J connectivity index is 2.32. The van der Waals surface area contributed by atoms with E-state index in [4.69, 9.17) is 9.47 Å². The number of amides is 2. The van der Waals surface area contributed by atoms with Gasteiger partial charge in [-0.1, -0.05) is 43.0 Å². The number of carbonyl (C=O) groups excluding carboxylic acids is 2. The summed E-state index contributed by atoms with van der Waals surface area (Å²) in [5.74, 6) is -2.71. The van der Waals surface area contributed by atoms with Crippen LogP contribution in [0.1, 0.15) is 5.56 Å². The second kappa shape index (κ2) is 10.5. The van der Waals surface area contributed by atoms with Gasteiger partial charge < -0.3 is 19.5 Å². The van der Waals surface area contributed by atoms with Crippen molar-refractivity contribution < 1.29 is 29.0 Å². The fourth-order valence-corrected chi connectivity index (χ4v) is 3.13. The first-order chi connectivity index (χ1) is 13.5. The highest BCUT2D eigenvalue weighted by Crippen LogP contribution is 2.21. The molecule has 0 aliphatic carbocycles. The van der Waals surface area contributed by atoms with Crippen molar-refractivity contribution in [2.45, 2.75) is 12.5 Å². The van der Waals surface area contributed by atoms with Gasteiger partial charge >= 0.3 is 12.1 Å². The highest BCUT2D eigenvalue weighted by Gasteiger charge is 2.41. The minimum Gasteiger partial charge on any atom is -0.481 e. The van der Waals surface area contributed by atoms with Crippen LogP contribution in [0.15, 0.2) is 43.0 Å². The fraction of sp³-hybridized carbons (Fsp3) is 0.450. The second-order valence-electron chi connectivity index (χ2n) is 6.49. The van der Waals surface area contributed by atoms with Gasteiger partial charge in [0, 0.05) is 20.1 Å². The van der Waals surface area contributed by atoms with E-state index >= 15 is 0 Å². The van der Waals surface area contributed by atoms with Gasteiger partial charge in [-0.2, -0.15) is 0 Å². The third-order valence-corrected chi connectivity index (χ3v) is 4.60. The summed E-state index contributed by atoms with van der Waals surface area (Å²) in [6.07, 6.45) is 0.741. The molecule has 28 heavy (non-hydrogen) atoms. The molecule has 0 saturated carbocycles. The van der Waals surface area contributed by atoms with Crippen LogP contribution in [0.25, 0.3) is 0 Å². The van der Waals surface area contributed by atoms with Crippen LogP contribution in [-0.2, 0) is 25.5 Å². The van der Waals surface area contributed by atoms with Gasteiger partial charge in [0.25, 0.3) is 0 Å². The van der Waals surface area contributed by atoms with Crippen LogP contribution >= 0.6 is 0 Å². The lowest BCUT2D eigenvalue weighted by molar-refractivity contribution is -0.152. The van der Waals surface area contributed by atoms with E-state index in [0.29, 0.717) is 26.3 Å². The topological polar surface area (TPSA) is 96.4 Å². The zero-order chi connectivity index (χ0) is 20.5.